The summed E-state index contributed by atoms with van der Waals surface area (Å²) in [4.78, 5) is 25.9. The highest BCUT2D eigenvalue weighted by Gasteiger charge is 2.10. The van der Waals surface area contributed by atoms with Crippen LogP contribution < -0.4 is 10.9 Å². The average molecular weight is 282 g/mol. The monoisotopic (exact) mass is 282 g/mol. The molecule has 21 heavy (non-hydrogen) atoms. The molecule has 7 heteroatoms. The predicted molar refractivity (Wildman–Crippen MR) is 74.7 cm³/mol. The van der Waals surface area contributed by atoms with Gasteiger partial charge in [-0.2, -0.15) is 0 Å². The number of carbonyl (C=O) groups excluding carboxylic acids is 1. The van der Waals surface area contributed by atoms with Gasteiger partial charge in [-0.25, -0.2) is 0 Å². The van der Waals surface area contributed by atoms with Crippen LogP contribution in [0.15, 0.2) is 58.2 Å². The molecule has 0 spiro atoms. The Morgan fingerprint density at radius 3 is 2.67 bits per heavy atom. The SMILES string of the molecule is O=C(Nc1ccc(-c2nnco2)cc1)c1ccc[nH]c1=O. The molecule has 2 aromatic heterocycles. The summed E-state index contributed by atoms with van der Waals surface area (Å²) in [6, 6.07) is 9.90. The summed E-state index contributed by atoms with van der Waals surface area (Å²) >= 11 is 0. The first-order valence-corrected chi connectivity index (χ1v) is 6.10. The predicted octanol–water partition coefficient (Wildman–Crippen LogP) is 1.68. The molecule has 1 aromatic carbocycles. The standard InChI is InChI=1S/C14H10N4O3/c19-12-11(2-1-7-15-12)13(20)17-10-5-3-9(4-6-10)14-18-16-8-21-14/h1-8H,(H,15,19)(H,17,20). The zero-order valence-corrected chi connectivity index (χ0v) is 10.7. The molecule has 0 saturated carbocycles. The van der Waals surface area contributed by atoms with Crippen molar-refractivity contribution in [2.45, 2.75) is 0 Å². The lowest BCUT2D eigenvalue weighted by Crippen LogP contribution is -2.22. The van der Waals surface area contributed by atoms with Crippen LogP contribution in [0, 0.1) is 0 Å². The number of amides is 1. The number of aromatic nitrogens is 3. The second kappa shape index (κ2) is 5.41. The lowest BCUT2D eigenvalue weighted by molar-refractivity contribution is 0.102. The molecule has 3 rings (SSSR count). The number of anilines is 1. The van der Waals surface area contributed by atoms with E-state index in [0.29, 0.717) is 11.6 Å². The van der Waals surface area contributed by atoms with Crippen molar-refractivity contribution in [3.8, 4) is 11.5 Å². The maximum atomic E-state index is 12.0. The van der Waals surface area contributed by atoms with Gasteiger partial charge in [-0.3, -0.25) is 9.59 Å². The smallest absolute Gasteiger partial charge is 0.261 e. The Kier molecular flexibility index (Phi) is 3.30. The summed E-state index contributed by atoms with van der Waals surface area (Å²) in [5.41, 5.74) is 0.922. The zero-order chi connectivity index (χ0) is 14.7. The van der Waals surface area contributed by atoms with Crippen LogP contribution in [0.4, 0.5) is 5.69 Å². The van der Waals surface area contributed by atoms with E-state index in [9.17, 15) is 9.59 Å². The summed E-state index contributed by atoms with van der Waals surface area (Å²) < 4.78 is 5.07. The fourth-order valence-corrected chi connectivity index (χ4v) is 1.79. The van der Waals surface area contributed by atoms with E-state index in [0.717, 1.165) is 5.56 Å². The molecule has 0 aliphatic heterocycles. The second-order valence-corrected chi connectivity index (χ2v) is 4.19. The number of hydrogen-bond donors (Lipinski definition) is 2. The number of H-pyrrole nitrogens is 1. The fraction of sp³-hybridized carbons (Fsp3) is 0. The lowest BCUT2D eigenvalue weighted by Gasteiger charge is -2.04. The average Bonchev–Trinajstić information content (AvgIpc) is 3.02. The highest BCUT2D eigenvalue weighted by Crippen LogP contribution is 2.19. The molecule has 7 nitrogen and oxygen atoms in total. The summed E-state index contributed by atoms with van der Waals surface area (Å²) in [5.74, 6) is -0.0743. The first-order chi connectivity index (χ1) is 10.2. The van der Waals surface area contributed by atoms with Crippen molar-refractivity contribution in [2.24, 2.45) is 0 Å². The maximum absolute atomic E-state index is 12.0. The highest BCUT2D eigenvalue weighted by atomic mass is 16.4. The van der Waals surface area contributed by atoms with Gasteiger partial charge in [0.15, 0.2) is 0 Å². The van der Waals surface area contributed by atoms with Crippen LogP contribution in [-0.2, 0) is 0 Å². The molecule has 0 unspecified atom stereocenters. The molecular weight excluding hydrogens is 272 g/mol. The number of benzene rings is 1. The Hall–Kier alpha value is -3.22. The van der Waals surface area contributed by atoms with Crippen molar-refractivity contribution in [3.05, 3.63) is 64.9 Å². The molecule has 0 aliphatic carbocycles. The third kappa shape index (κ3) is 2.71. The third-order valence-corrected chi connectivity index (χ3v) is 2.81. The largest absolute Gasteiger partial charge is 0.423 e. The van der Waals surface area contributed by atoms with E-state index in [1.165, 1.54) is 18.7 Å². The highest BCUT2D eigenvalue weighted by molar-refractivity contribution is 6.04. The number of nitrogens with zero attached hydrogens (tertiary/aromatic N) is 2. The van der Waals surface area contributed by atoms with Gasteiger partial charge in [0.25, 0.3) is 11.5 Å². The summed E-state index contributed by atoms with van der Waals surface area (Å²) in [6.45, 7) is 0. The van der Waals surface area contributed by atoms with Crippen LogP contribution in [0.25, 0.3) is 11.5 Å². The molecule has 0 fully saturated rings. The molecule has 2 N–H and O–H groups in total. The molecule has 0 bridgehead atoms. The Morgan fingerprint density at radius 2 is 2.00 bits per heavy atom. The zero-order valence-electron chi connectivity index (χ0n) is 10.7. The van der Waals surface area contributed by atoms with Gasteiger partial charge in [0.2, 0.25) is 12.3 Å². The van der Waals surface area contributed by atoms with Crippen LogP contribution in [-0.4, -0.2) is 21.1 Å². The number of carbonyl (C=O) groups is 1. The first-order valence-electron chi connectivity index (χ1n) is 6.10. The minimum absolute atomic E-state index is 0.0541. The van der Waals surface area contributed by atoms with Gasteiger partial charge in [0.1, 0.15) is 5.56 Å². The van der Waals surface area contributed by atoms with Crippen LogP contribution in [0.2, 0.25) is 0 Å². The topological polar surface area (TPSA) is 101 Å². The molecule has 0 radical (unpaired) electrons. The molecule has 0 atom stereocenters. The van der Waals surface area contributed by atoms with Gasteiger partial charge in [-0.05, 0) is 36.4 Å². The van der Waals surface area contributed by atoms with Crippen molar-refractivity contribution in [1.82, 2.24) is 15.2 Å². The van der Waals surface area contributed by atoms with E-state index in [1.54, 1.807) is 30.3 Å². The van der Waals surface area contributed by atoms with Gasteiger partial charge < -0.3 is 14.7 Å². The Balaban J connectivity index is 1.78. The summed E-state index contributed by atoms with van der Waals surface area (Å²) in [6.07, 6.45) is 2.71. The number of nitrogens with one attached hydrogen (secondary N) is 2. The van der Waals surface area contributed by atoms with Gasteiger partial charge in [-0.1, -0.05) is 0 Å². The molecule has 0 aliphatic rings. The molecular formula is C14H10N4O3. The first kappa shape index (κ1) is 12.8. The van der Waals surface area contributed by atoms with Crippen LogP contribution >= 0.6 is 0 Å². The van der Waals surface area contributed by atoms with Crippen molar-refractivity contribution >= 4 is 11.6 Å². The quantitative estimate of drug-likeness (QED) is 0.761. The number of pyridine rings is 1. The van der Waals surface area contributed by atoms with Crippen molar-refractivity contribution in [3.63, 3.8) is 0 Å². The molecule has 104 valence electrons. The van der Waals surface area contributed by atoms with E-state index < -0.39 is 11.5 Å². The van der Waals surface area contributed by atoms with E-state index in [-0.39, 0.29) is 5.56 Å². The Labute approximate surface area is 118 Å². The number of rotatable bonds is 3. The molecule has 3 aromatic rings. The second-order valence-electron chi connectivity index (χ2n) is 4.19. The van der Waals surface area contributed by atoms with Gasteiger partial charge in [-0.15, -0.1) is 10.2 Å². The van der Waals surface area contributed by atoms with Crippen molar-refractivity contribution in [2.75, 3.05) is 5.32 Å². The molecule has 1 amide bonds. The molecule has 2 heterocycles. The van der Waals surface area contributed by atoms with Crippen molar-refractivity contribution < 1.29 is 9.21 Å². The fourth-order valence-electron chi connectivity index (χ4n) is 1.79. The normalized spacial score (nSPS) is 10.3. The van der Waals surface area contributed by atoms with Crippen molar-refractivity contribution in [1.29, 1.82) is 0 Å². The third-order valence-electron chi connectivity index (χ3n) is 2.81. The van der Waals surface area contributed by atoms with Crippen LogP contribution in [0.5, 0.6) is 0 Å². The molecule has 0 saturated heterocycles. The maximum Gasteiger partial charge on any atom is 0.261 e. The Morgan fingerprint density at radius 1 is 1.19 bits per heavy atom. The number of hydrogen-bond acceptors (Lipinski definition) is 5. The van der Waals surface area contributed by atoms with Crippen LogP contribution in [0.1, 0.15) is 10.4 Å². The summed E-state index contributed by atoms with van der Waals surface area (Å²) in [5, 5.41) is 10.0. The van der Waals surface area contributed by atoms with E-state index in [4.69, 9.17) is 4.42 Å². The Bertz CT molecular complexity index is 807. The van der Waals surface area contributed by atoms with E-state index in [1.807, 2.05) is 0 Å². The van der Waals surface area contributed by atoms with Gasteiger partial charge >= 0.3 is 0 Å². The minimum Gasteiger partial charge on any atom is -0.423 e. The van der Waals surface area contributed by atoms with E-state index >= 15 is 0 Å². The van der Waals surface area contributed by atoms with Crippen LogP contribution in [0.3, 0.4) is 0 Å². The van der Waals surface area contributed by atoms with E-state index in [2.05, 4.69) is 20.5 Å². The number of aromatic amines is 1. The van der Waals surface area contributed by atoms with Gasteiger partial charge in [0.05, 0.1) is 0 Å². The minimum atomic E-state index is -0.470. The van der Waals surface area contributed by atoms with Gasteiger partial charge in [0, 0.05) is 17.4 Å². The lowest BCUT2D eigenvalue weighted by atomic mass is 10.2. The summed E-state index contributed by atoms with van der Waals surface area (Å²) in [7, 11) is 0.